The number of aromatic nitrogens is 3. The second kappa shape index (κ2) is 6.02. The molecule has 1 unspecified atom stereocenters. The van der Waals surface area contributed by atoms with Crippen molar-refractivity contribution in [2.24, 2.45) is 0 Å². The molecule has 4 N–H and O–H groups in total. The van der Waals surface area contributed by atoms with Gasteiger partial charge in [-0.1, -0.05) is 56.3 Å². The lowest BCUT2D eigenvalue weighted by Gasteiger charge is -2.30. The van der Waals surface area contributed by atoms with Crippen LogP contribution in [0.4, 0.5) is 5.82 Å². The summed E-state index contributed by atoms with van der Waals surface area (Å²) in [4.78, 5) is 8.93. The zero-order valence-electron chi connectivity index (χ0n) is 15.1. The van der Waals surface area contributed by atoms with Gasteiger partial charge in [-0.25, -0.2) is 14.6 Å². The highest BCUT2D eigenvalue weighted by Gasteiger charge is 2.29. The summed E-state index contributed by atoms with van der Waals surface area (Å²) in [5, 5.41) is 1.04. The van der Waals surface area contributed by atoms with Crippen LogP contribution < -0.4 is 11.6 Å². The van der Waals surface area contributed by atoms with Crippen LogP contribution in [0.1, 0.15) is 31.4 Å². The van der Waals surface area contributed by atoms with Crippen LogP contribution in [0.15, 0.2) is 54.9 Å². The number of fused-ring (bicyclic) bond motifs is 3. The molecule has 2 heterocycles. The van der Waals surface area contributed by atoms with Crippen LogP contribution in [-0.4, -0.2) is 14.6 Å². The first-order chi connectivity index (χ1) is 12.5. The number of nitrogens with zero attached hydrogens (tertiary/aromatic N) is 3. The first kappa shape index (κ1) is 16.4. The van der Waals surface area contributed by atoms with Crippen molar-refractivity contribution in [3.05, 3.63) is 66.0 Å². The molecule has 1 atom stereocenters. The Morgan fingerprint density at radius 2 is 1.85 bits per heavy atom. The Morgan fingerprint density at radius 1 is 1.08 bits per heavy atom. The fourth-order valence-corrected chi connectivity index (χ4v) is 3.82. The quantitative estimate of drug-likeness (QED) is 0.551. The van der Waals surface area contributed by atoms with Crippen molar-refractivity contribution in [3.8, 4) is 0 Å². The van der Waals surface area contributed by atoms with Crippen LogP contribution in [0.5, 0.6) is 0 Å². The molecule has 4 aromatic rings. The van der Waals surface area contributed by atoms with E-state index in [-0.39, 0.29) is 5.41 Å². The predicted octanol–water partition coefficient (Wildman–Crippen LogP) is 3.79. The SMILES string of the molecule is CCC(C)(Cc1ccccc1)c1cccc2nc(N)c3ncn(N)c3c12. The van der Waals surface area contributed by atoms with Gasteiger partial charge in [-0.15, -0.1) is 0 Å². The molecule has 0 amide bonds. The fraction of sp³-hybridized carbons (Fsp3) is 0.238. The number of nitrogens with two attached hydrogens (primary N) is 2. The minimum atomic E-state index is -0.0597. The largest absolute Gasteiger partial charge is 0.382 e. The molecule has 0 saturated heterocycles. The van der Waals surface area contributed by atoms with Crippen LogP contribution in [-0.2, 0) is 11.8 Å². The van der Waals surface area contributed by atoms with E-state index in [0.717, 1.165) is 29.3 Å². The highest BCUT2D eigenvalue weighted by Crippen LogP contribution is 2.39. The predicted molar refractivity (Wildman–Crippen MR) is 107 cm³/mol. The zero-order chi connectivity index (χ0) is 18.3. The van der Waals surface area contributed by atoms with E-state index in [1.807, 2.05) is 18.2 Å². The number of imidazole rings is 1. The average Bonchev–Trinajstić information content (AvgIpc) is 3.04. The van der Waals surface area contributed by atoms with E-state index < -0.39 is 0 Å². The highest BCUT2D eigenvalue weighted by molar-refractivity contribution is 6.08. The van der Waals surface area contributed by atoms with E-state index in [1.54, 1.807) is 11.0 Å². The minimum Gasteiger partial charge on any atom is -0.382 e. The summed E-state index contributed by atoms with van der Waals surface area (Å²) in [5.74, 6) is 6.60. The second-order valence-electron chi connectivity index (χ2n) is 7.12. The fourth-order valence-electron chi connectivity index (χ4n) is 3.82. The second-order valence-corrected chi connectivity index (χ2v) is 7.12. The van der Waals surface area contributed by atoms with Gasteiger partial charge in [0.25, 0.3) is 0 Å². The van der Waals surface area contributed by atoms with Crippen molar-refractivity contribution >= 4 is 27.8 Å². The van der Waals surface area contributed by atoms with Crippen molar-refractivity contribution in [2.75, 3.05) is 11.6 Å². The van der Waals surface area contributed by atoms with E-state index >= 15 is 0 Å². The lowest BCUT2D eigenvalue weighted by atomic mass is 9.74. The molecule has 5 nitrogen and oxygen atoms in total. The summed E-state index contributed by atoms with van der Waals surface area (Å²) in [5.41, 5.74) is 10.9. The molecule has 2 aromatic heterocycles. The molecule has 0 aliphatic heterocycles. The molecule has 0 aliphatic carbocycles. The molecular formula is C21H23N5. The summed E-state index contributed by atoms with van der Waals surface area (Å²) in [7, 11) is 0. The molecule has 0 aliphatic rings. The molecule has 5 heteroatoms. The maximum atomic E-state index is 6.19. The topological polar surface area (TPSA) is 82.8 Å². The maximum absolute atomic E-state index is 6.19. The smallest absolute Gasteiger partial charge is 0.152 e. The van der Waals surface area contributed by atoms with Gasteiger partial charge >= 0.3 is 0 Å². The first-order valence-corrected chi connectivity index (χ1v) is 8.88. The number of anilines is 1. The Labute approximate surface area is 152 Å². The standard InChI is InChI=1S/C21H23N5/c1-3-21(2,12-14-8-5-4-6-9-14)15-10-7-11-16-17(15)19-18(20(22)25-16)24-13-26(19)23/h4-11,13H,3,12,23H2,1-2H3,(H2,22,25). The number of rotatable bonds is 4. The number of hydrogen-bond acceptors (Lipinski definition) is 4. The number of benzene rings is 2. The van der Waals surface area contributed by atoms with Crippen LogP contribution in [0.3, 0.4) is 0 Å². The molecule has 132 valence electrons. The molecule has 2 aromatic carbocycles. The van der Waals surface area contributed by atoms with Gasteiger partial charge in [0, 0.05) is 5.39 Å². The lowest BCUT2D eigenvalue weighted by Crippen LogP contribution is -2.25. The highest BCUT2D eigenvalue weighted by atomic mass is 15.3. The van der Waals surface area contributed by atoms with Crippen molar-refractivity contribution < 1.29 is 0 Å². The average molecular weight is 345 g/mol. The van der Waals surface area contributed by atoms with E-state index in [4.69, 9.17) is 11.6 Å². The number of nitrogen functional groups attached to an aromatic ring is 2. The molecule has 0 bridgehead atoms. The van der Waals surface area contributed by atoms with Gasteiger partial charge in [0.2, 0.25) is 0 Å². The van der Waals surface area contributed by atoms with E-state index in [2.05, 4.69) is 54.1 Å². The number of pyridine rings is 1. The summed E-state index contributed by atoms with van der Waals surface area (Å²) in [6, 6.07) is 16.8. The zero-order valence-corrected chi connectivity index (χ0v) is 15.1. The van der Waals surface area contributed by atoms with Gasteiger partial charge < -0.3 is 11.6 Å². The third kappa shape index (κ3) is 2.47. The van der Waals surface area contributed by atoms with Gasteiger partial charge in [-0.2, -0.15) is 0 Å². The van der Waals surface area contributed by atoms with Crippen molar-refractivity contribution in [3.63, 3.8) is 0 Å². The van der Waals surface area contributed by atoms with Gasteiger partial charge in [-0.3, -0.25) is 0 Å². The van der Waals surface area contributed by atoms with Gasteiger partial charge in [0.05, 0.1) is 5.52 Å². The van der Waals surface area contributed by atoms with E-state index in [1.165, 1.54) is 11.1 Å². The Bertz CT molecular complexity index is 1080. The molecular weight excluding hydrogens is 322 g/mol. The Hall–Kier alpha value is -3.08. The van der Waals surface area contributed by atoms with Crippen molar-refractivity contribution in [2.45, 2.75) is 32.1 Å². The van der Waals surface area contributed by atoms with Gasteiger partial charge in [0.1, 0.15) is 17.4 Å². The van der Waals surface area contributed by atoms with E-state index in [9.17, 15) is 0 Å². The summed E-state index contributed by atoms with van der Waals surface area (Å²) < 4.78 is 1.55. The van der Waals surface area contributed by atoms with Gasteiger partial charge in [-0.05, 0) is 35.4 Å². The Kier molecular flexibility index (Phi) is 3.80. The molecule has 26 heavy (non-hydrogen) atoms. The Balaban J connectivity index is 2.01. The molecule has 0 radical (unpaired) electrons. The lowest BCUT2D eigenvalue weighted by molar-refractivity contribution is 0.456. The number of hydrogen-bond donors (Lipinski definition) is 2. The van der Waals surface area contributed by atoms with Crippen LogP contribution in [0.2, 0.25) is 0 Å². The van der Waals surface area contributed by atoms with Crippen molar-refractivity contribution in [1.82, 2.24) is 14.6 Å². The van der Waals surface area contributed by atoms with Crippen LogP contribution in [0, 0.1) is 0 Å². The van der Waals surface area contributed by atoms with Gasteiger partial charge in [0.15, 0.2) is 5.82 Å². The minimum absolute atomic E-state index is 0.0597. The molecule has 0 spiro atoms. The Morgan fingerprint density at radius 3 is 2.58 bits per heavy atom. The maximum Gasteiger partial charge on any atom is 0.152 e. The molecule has 4 rings (SSSR count). The van der Waals surface area contributed by atoms with Crippen molar-refractivity contribution in [1.29, 1.82) is 0 Å². The van der Waals surface area contributed by atoms with Crippen LogP contribution in [0.25, 0.3) is 21.9 Å². The third-order valence-corrected chi connectivity index (χ3v) is 5.42. The summed E-state index contributed by atoms with van der Waals surface area (Å²) in [6.07, 6.45) is 3.53. The van der Waals surface area contributed by atoms with Crippen LogP contribution >= 0.6 is 0 Å². The summed E-state index contributed by atoms with van der Waals surface area (Å²) >= 11 is 0. The normalized spacial score (nSPS) is 13.9. The monoisotopic (exact) mass is 345 g/mol. The summed E-state index contributed by atoms with van der Waals surface area (Å²) in [6.45, 7) is 4.53. The third-order valence-electron chi connectivity index (χ3n) is 5.42. The first-order valence-electron chi connectivity index (χ1n) is 8.88. The molecule has 0 fully saturated rings. The van der Waals surface area contributed by atoms with E-state index in [0.29, 0.717) is 11.3 Å². The molecule has 0 saturated carbocycles.